The monoisotopic (exact) mass is 324 g/mol. The number of nitrogens with zero attached hydrogens (tertiary/aromatic N) is 1. The van der Waals surface area contributed by atoms with Gasteiger partial charge in [0, 0.05) is 16.5 Å². The van der Waals surface area contributed by atoms with Gasteiger partial charge >= 0.3 is 0 Å². The SMILES string of the molecule is O=C([O-])c1cc(-c2ccc(-c3ccccc3)cc2)nc2ccccc12. The Morgan fingerprint density at radius 3 is 2.04 bits per heavy atom. The molecule has 25 heavy (non-hydrogen) atoms. The van der Waals surface area contributed by atoms with Gasteiger partial charge in [-0.15, -0.1) is 0 Å². The van der Waals surface area contributed by atoms with Crippen molar-refractivity contribution >= 4 is 16.9 Å². The first-order chi connectivity index (χ1) is 12.2. The first-order valence-electron chi connectivity index (χ1n) is 7.99. The zero-order chi connectivity index (χ0) is 17.2. The smallest absolute Gasteiger partial charge is 0.0722 e. The summed E-state index contributed by atoms with van der Waals surface area (Å²) >= 11 is 0. The second-order valence-corrected chi connectivity index (χ2v) is 5.80. The summed E-state index contributed by atoms with van der Waals surface area (Å²) in [6.07, 6.45) is 0. The van der Waals surface area contributed by atoms with E-state index in [1.54, 1.807) is 18.2 Å². The Morgan fingerprint density at radius 1 is 0.720 bits per heavy atom. The highest BCUT2D eigenvalue weighted by Gasteiger charge is 2.08. The van der Waals surface area contributed by atoms with Gasteiger partial charge < -0.3 is 9.90 Å². The van der Waals surface area contributed by atoms with Crippen LogP contribution >= 0.6 is 0 Å². The van der Waals surface area contributed by atoms with Crippen LogP contribution in [0.25, 0.3) is 33.3 Å². The molecule has 1 heterocycles. The van der Waals surface area contributed by atoms with Crippen molar-refractivity contribution in [3.8, 4) is 22.4 Å². The Kier molecular flexibility index (Phi) is 3.75. The molecule has 0 fully saturated rings. The van der Waals surface area contributed by atoms with Crippen LogP contribution in [-0.4, -0.2) is 11.0 Å². The topological polar surface area (TPSA) is 53.0 Å². The van der Waals surface area contributed by atoms with E-state index >= 15 is 0 Å². The average Bonchev–Trinajstić information content (AvgIpc) is 2.68. The number of aromatic carboxylic acids is 1. The van der Waals surface area contributed by atoms with E-state index < -0.39 is 5.97 Å². The molecule has 4 rings (SSSR count). The predicted octanol–water partition coefficient (Wildman–Crippen LogP) is 3.93. The van der Waals surface area contributed by atoms with Crippen LogP contribution in [0.1, 0.15) is 10.4 Å². The molecule has 0 spiro atoms. The average molecular weight is 324 g/mol. The highest BCUT2D eigenvalue weighted by Crippen LogP contribution is 2.27. The molecule has 3 aromatic carbocycles. The largest absolute Gasteiger partial charge is 0.545 e. The lowest BCUT2D eigenvalue weighted by Gasteiger charge is -2.11. The summed E-state index contributed by atoms with van der Waals surface area (Å²) in [7, 11) is 0. The molecule has 120 valence electrons. The van der Waals surface area contributed by atoms with Crippen molar-refractivity contribution in [1.82, 2.24) is 4.98 Å². The Balaban J connectivity index is 1.81. The number of hydrogen-bond acceptors (Lipinski definition) is 3. The number of carbonyl (C=O) groups is 1. The first-order valence-corrected chi connectivity index (χ1v) is 7.99. The van der Waals surface area contributed by atoms with Crippen LogP contribution in [0, 0.1) is 0 Å². The lowest BCUT2D eigenvalue weighted by molar-refractivity contribution is -0.254. The minimum atomic E-state index is -1.19. The number of hydrogen-bond donors (Lipinski definition) is 0. The van der Waals surface area contributed by atoms with Gasteiger partial charge in [-0.1, -0.05) is 72.8 Å². The molecule has 3 heteroatoms. The first kappa shape index (κ1) is 15.1. The number of benzene rings is 3. The van der Waals surface area contributed by atoms with E-state index in [4.69, 9.17) is 0 Å². The summed E-state index contributed by atoms with van der Waals surface area (Å²) < 4.78 is 0. The number of fused-ring (bicyclic) bond motifs is 1. The van der Waals surface area contributed by atoms with Crippen LogP contribution in [0.2, 0.25) is 0 Å². The molecule has 4 aromatic rings. The summed E-state index contributed by atoms with van der Waals surface area (Å²) in [5.74, 6) is -1.19. The second kappa shape index (κ2) is 6.21. The zero-order valence-electron chi connectivity index (χ0n) is 13.3. The summed E-state index contributed by atoms with van der Waals surface area (Å²) in [6.45, 7) is 0. The van der Waals surface area contributed by atoms with E-state index in [9.17, 15) is 9.90 Å². The molecule has 0 radical (unpaired) electrons. The fourth-order valence-corrected chi connectivity index (χ4v) is 2.96. The fraction of sp³-hybridized carbons (Fsp3) is 0. The van der Waals surface area contributed by atoms with Gasteiger partial charge in [0.25, 0.3) is 0 Å². The predicted molar refractivity (Wildman–Crippen MR) is 96.9 cm³/mol. The van der Waals surface area contributed by atoms with Crippen molar-refractivity contribution in [3.05, 3.63) is 90.5 Å². The van der Waals surface area contributed by atoms with Gasteiger partial charge in [-0.2, -0.15) is 0 Å². The maximum absolute atomic E-state index is 11.5. The lowest BCUT2D eigenvalue weighted by Crippen LogP contribution is -2.22. The highest BCUT2D eigenvalue weighted by atomic mass is 16.4. The molecule has 0 atom stereocenters. The van der Waals surface area contributed by atoms with Gasteiger partial charge in [0.1, 0.15) is 0 Å². The van der Waals surface area contributed by atoms with E-state index in [0.29, 0.717) is 16.6 Å². The van der Waals surface area contributed by atoms with Crippen LogP contribution in [0.15, 0.2) is 84.9 Å². The van der Waals surface area contributed by atoms with Crippen molar-refractivity contribution in [3.63, 3.8) is 0 Å². The molecule has 0 saturated heterocycles. The molecular weight excluding hydrogens is 310 g/mol. The molecule has 0 aliphatic heterocycles. The molecule has 3 nitrogen and oxygen atoms in total. The second-order valence-electron chi connectivity index (χ2n) is 5.80. The van der Waals surface area contributed by atoms with Crippen molar-refractivity contribution in [2.24, 2.45) is 0 Å². The van der Waals surface area contributed by atoms with E-state index in [2.05, 4.69) is 17.1 Å². The normalized spacial score (nSPS) is 10.7. The number of aromatic nitrogens is 1. The van der Waals surface area contributed by atoms with Gasteiger partial charge in [0.05, 0.1) is 17.2 Å². The quantitative estimate of drug-likeness (QED) is 0.574. The van der Waals surface area contributed by atoms with Crippen LogP contribution in [-0.2, 0) is 0 Å². The molecule has 1 aromatic heterocycles. The number of rotatable bonds is 3. The highest BCUT2D eigenvalue weighted by molar-refractivity contribution is 6.02. The molecule has 0 amide bonds. The maximum atomic E-state index is 11.5. The molecule has 0 saturated carbocycles. The maximum Gasteiger partial charge on any atom is 0.0722 e. The van der Waals surface area contributed by atoms with Crippen LogP contribution in [0.4, 0.5) is 0 Å². The van der Waals surface area contributed by atoms with E-state index in [0.717, 1.165) is 16.7 Å². The van der Waals surface area contributed by atoms with Crippen molar-refractivity contribution in [2.45, 2.75) is 0 Å². The van der Waals surface area contributed by atoms with Crippen LogP contribution in [0.5, 0.6) is 0 Å². The number of carboxylic acids is 1. The fourth-order valence-electron chi connectivity index (χ4n) is 2.96. The number of pyridine rings is 1. The molecular formula is C22H14NO2-. The standard InChI is InChI=1S/C22H15NO2/c24-22(25)19-14-21(23-20-9-5-4-8-18(19)20)17-12-10-16(11-13-17)15-6-2-1-3-7-15/h1-14H,(H,24,25)/p-1. The molecule has 0 bridgehead atoms. The van der Waals surface area contributed by atoms with Crippen molar-refractivity contribution in [1.29, 1.82) is 0 Å². The summed E-state index contributed by atoms with van der Waals surface area (Å²) in [6, 6.07) is 26.8. The molecule has 0 N–H and O–H groups in total. The third-order valence-electron chi connectivity index (χ3n) is 4.22. The van der Waals surface area contributed by atoms with Crippen LogP contribution in [0.3, 0.4) is 0 Å². The molecule has 0 unspecified atom stereocenters. The summed E-state index contributed by atoms with van der Waals surface area (Å²) in [5.41, 5.74) is 4.53. The van der Waals surface area contributed by atoms with Gasteiger partial charge in [-0.25, -0.2) is 4.98 Å². The van der Waals surface area contributed by atoms with Crippen molar-refractivity contribution < 1.29 is 9.90 Å². The van der Waals surface area contributed by atoms with Gasteiger partial charge in [0.15, 0.2) is 0 Å². The van der Waals surface area contributed by atoms with Crippen LogP contribution < -0.4 is 5.11 Å². The minimum absolute atomic E-state index is 0.160. The minimum Gasteiger partial charge on any atom is -0.545 e. The van der Waals surface area contributed by atoms with Gasteiger partial charge in [-0.3, -0.25) is 0 Å². The third kappa shape index (κ3) is 2.88. The number of carboxylic acid groups (broad SMARTS) is 1. The Labute approximate surface area is 145 Å². The van der Waals surface area contributed by atoms with E-state index in [-0.39, 0.29) is 5.56 Å². The van der Waals surface area contributed by atoms with Crippen molar-refractivity contribution in [2.75, 3.05) is 0 Å². The Morgan fingerprint density at radius 2 is 1.32 bits per heavy atom. The molecule has 0 aliphatic carbocycles. The van der Waals surface area contributed by atoms with Gasteiger partial charge in [-0.05, 0) is 23.3 Å². The lowest BCUT2D eigenvalue weighted by atomic mass is 10.0. The van der Waals surface area contributed by atoms with E-state index in [1.165, 1.54) is 0 Å². The van der Waals surface area contributed by atoms with Gasteiger partial charge in [0.2, 0.25) is 0 Å². The third-order valence-corrected chi connectivity index (χ3v) is 4.22. The number of carbonyl (C=O) groups excluding carboxylic acids is 1. The number of para-hydroxylation sites is 1. The summed E-state index contributed by atoms with van der Waals surface area (Å²) in [4.78, 5) is 16.1. The Bertz CT molecular complexity index is 1050. The summed E-state index contributed by atoms with van der Waals surface area (Å²) in [5, 5.41) is 12.1. The molecule has 0 aliphatic rings. The zero-order valence-corrected chi connectivity index (χ0v) is 13.3. The van der Waals surface area contributed by atoms with E-state index in [1.807, 2.05) is 54.6 Å². The Hall–Kier alpha value is -3.46.